The van der Waals surface area contributed by atoms with E-state index < -0.39 is 0 Å². The normalized spacial score (nSPS) is 14.8. The summed E-state index contributed by atoms with van der Waals surface area (Å²) in [6, 6.07) is 0.331. The Morgan fingerprint density at radius 2 is 1.92 bits per heavy atom. The van der Waals surface area contributed by atoms with Gasteiger partial charge in [-0.15, -0.1) is 0 Å². The molecule has 2 nitrogen and oxygen atoms in total. The summed E-state index contributed by atoms with van der Waals surface area (Å²) in [5.74, 6) is 0. The Balaban J connectivity index is 3.31. The van der Waals surface area contributed by atoms with Crippen LogP contribution in [0.4, 0.5) is 0 Å². The van der Waals surface area contributed by atoms with Crippen molar-refractivity contribution in [3.8, 4) is 0 Å². The predicted molar refractivity (Wildman–Crippen MR) is 55.2 cm³/mol. The van der Waals surface area contributed by atoms with Gasteiger partial charge < -0.3 is 11.1 Å². The third-order valence-corrected chi connectivity index (χ3v) is 1.72. The zero-order valence-corrected chi connectivity index (χ0v) is 8.98. The third kappa shape index (κ3) is 8.02. The average Bonchev–Trinajstić information content (AvgIpc) is 1.84. The first-order valence-electron chi connectivity index (χ1n) is 4.92. The van der Waals surface area contributed by atoms with Gasteiger partial charge in [-0.1, -0.05) is 34.1 Å². The molecule has 0 radical (unpaired) electrons. The molecule has 0 aromatic rings. The largest absolute Gasteiger partial charge is 0.327 e. The van der Waals surface area contributed by atoms with Gasteiger partial charge in [0.25, 0.3) is 0 Å². The topological polar surface area (TPSA) is 38.0 Å². The van der Waals surface area contributed by atoms with Crippen LogP contribution < -0.4 is 11.1 Å². The van der Waals surface area contributed by atoms with Crippen LogP contribution in [0.1, 0.15) is 40.5 Å². The highest BCUT2D eigenvalue weighted by Gasteiger charge is 2.09. The number of hydrogen-bond donors (Lipinski definition) is 2. The van der Waals surface area contributed by atoms with Crippen LogP contribution >= 0.6 is 0 Å². The summed E-state index contributed by atoms with van der Waals surface area (Å²) in [6.45, 7) is 10.8. The van der Waals surface area contributed by atoms with Gasteiger partial charge in [-0.05, 0) is 11.8 Å². The zero-order valence-electron chi connectivity index (χ0n) is 8.98. The summed E-state index contributed by atoms with van der Waals surface area (Å²) in [6.07, 6.45) is 2.30. The third-order valence-electron chi connectivity index (χ3n) is 1.72. The van der Waals surface area contributed by atoms with Crippen molar-refractivity contribution < 1.29 is 0 Å². The second-order valence-corrected chi connectivity index (χ2v) is 4.74. The molecule has 0 heterocycles. The van der Waals surface area contributed by atoms with Crippen LogP contribution in [0, 0.1) is 5.41 Å². The molecule has 2 heteroatoms. The monoisotopic (exact) mass is 172 g/mol. The van der Waals surface area contributed by atoms with E-state index in [0.29, 0.717) is 11.5 Å². The van der Waals surface area contributed by atoms with Crippen LogP contribution in [0.15, 0.2) is 0 Å². The van der Waals surface area contributed by atoms with Gasteiger partial charge >= 0.3 is 0 Å². The van der Waals surface area contributed by atoms with E-state index in [2.05, 4.69) is 33.0 Å². The Hall–Kier alpha value is -0.0800. The lowest BCUT2D eigenvalue weighted by Crippen LogP contribution is -2.37. The van der Waals surface area contributed by atoms with E-state index >= 15 is 0 Å². The number of hydrogen-bond acceptors (Lipinski definition) is 2. The Bertz CT molecular complexity index is 105. The summed E-state index contributed by atoms with van der Waals surface area (Å²) in [5, 5.41) is 3.38. The molecule has 1 atom stereocenters. The SMILES string of the molecule is CCCC(N)CNCC(C)(C)C. The second kappa shape index (κ2) is 5.55. The van der Waals surface area contributed by atoms with E-state index in [4.69, 9.17) is 5.73 Å². The summed E-state index contributed by atoms with van der Waals surface area (Å²) in [4.78, 5) is 0. The van der Waals surface area contributed by atoms with E-state index in [-0.39, 0.29) is 0 Å². The highest BCUT2D eigenvalue weighted by molar-refractivity contribution is 4.69. The van der Waals surface area contributed by atoms with Crippen molar-refractivity contribution in [1.29, 1.82) is 0 Å². The minimum Gasteiger partial charge on any atom is -0.327 e. The van der Waals surface area contributed by atoms with Crippen molar-refractivity contribution in [1.82, 2.24) is 5.32 Å². The molecule has 0 aromatic heterocycles. The molecule has 0 fully saturated rings. The Kier molecular flexibility index (Phi) is 5.51. The summed E-state index contributed by atoms with van der Waals surface area (Å²) in [5.41, 5.74) is 6.22. The molecule has 0 saturated carbocycles. The number of nitrogens with two attached hydrogens (primary N) is 1. The quantitative estimate of drug-likeness (QED) is 0.663. The summed E-state index contributed by atoms with van der Waals surface area (Å²) in [7, 11) is 0. The van der Waals surface area contributed by atoms with E-state index in [9.17, 15) is 0 Å². The maximum atomic E-state index is 5.85. The molecule has 0 rings (SSSR count). The van der Waals surface area contributed by atoms with E-state index in [1.807, 2.05) is 0 Å². The van der Waals surface area contributed by atoms with Gasteiger partial charge in [-0.2, -0.15) is 0 Å². The zero-order chi connectivity index (χ0) is 9.61. The first-order valence-corrected chi connectivity index (χ1v) is 4.92. The highest BCUT2D eigenvalue weighted by atomic mass is 14.9. The smallest absolute Gasteiger partial charge is 0.0165 e. The molecule has 0 aliphatic rings. The van der Waals surface area contributed by atoms with Gasteiger partial charge in [-0.25, -0.2) is 0 Å². The van der Waals surface area contributed by atoms with Crippen molar-refractivity contribution in [3.05, 3.63) is 0 Å². The molecular formula is C10H24N2. The lowest BCUT2D eigenvalue weighted by atomic mass is 9.97. The molecule has 0 aromatic carbocycles. The number of rotatable bonds is 5. The van der Waals surface area contributed by atoms with Crippen LogP contribution in [0.25, 0.3) is 0 Å². The molecule has 12 heavy (non-hydrogen) atoms. The fraction of sp³-hybridized carbons (Fsp3) is 1.00. The first kappa shape index (κ1) is 11.9. The van der Waals surface area contributed by atoms with Gasteiger partial charge in [-0.3, -0.25) is 0 Å². The van der Waals surface area contributed by atoms with Gasteiger partial charge in [0.15, 0.2) is 0 Å². The van der Waals surface area contributed by atoms with Crippen molar-refractivity contribution >= 4 is 0 Å². The van der Waals surface area contributed by atoms with Crippen molar-refractivity contribution in [2.75, 3.05) is 13.1 Å². The molecular weight excluding hydrogens is 148 g/mol. The van der Waals surface area contributed by atoms with Gasteiger partial charge in [0.2, 0.25) is 0 Å². The molecule has 0 aliphatic heterocycles. The highest BCUT2D eigenvalue weighted by Crippen LogP contribution is 2.09. The second-order valence-electron chi connectivity index (χ2n) is 4.74. The lowest BCUT2D eigenvalue weighted by Gasteiger charge is -2.20. The maximum absolute atomic E-state index is 5.85. The van der Waals surface area contributed by atoms with E-state index in [0.717, 1.165) is 19.5 Å². The maximum Gasteiger partial charge on any atom is 0.0165 e. The molecule has 0 aliphatic carbocycles. The van der Waals surface area contributed by atoms with Crippen LogP contribution in [0.5, 0.6) is 0 Å². The fourth-order valence-electron chi connectivity index (χ4n) is 1.11. The Labute approximate surface area is 76.9 Å². The minimum atomic E-state index is 0.331. The molecule has 0 saturated heterocycles. The summed E-state index contributed by atoms with van der Waals surface area (Å²) >= 11 is 0. The first-order chi connectivity index (χ1) is 5.45. The van der Waals surface area contributed by atoms with Crippen LogP contribution in [0.2, 0.25) is 0 Å². The molecule has 0 amide bonds. The fourth-order valence-corrected chi connectivity index (χ4v) is 1.11. The Morgan fingerprint density at radius 1 is 1.33 bits per heavy atom. The average molecular weight is 172 g/mol. The van der Waals surface area contributed by atoms with E-state index in [1.54, 1.807) is 0 Å². The molecule has 74 valence electrons. The molecule has 1 unspecified atom stereocenters. The minimum absolute atomic E-state index is 0.331. The number of nitrogens with one attached hydrogen (secondary N) is 1. The molecule has 0 bridgehead atoms. The van der Waals surface area contributed by atoms with Crippen LogP contribution in [-0.4, -0.2) is 19.1 Å². The van der Waals surface area contributed by atoms with Crippen molar-refractivity contribution in [2.45, 2.75) is 46.6 Å². The lowest BCUT2D eigenvalue weighted by molar-refractivity contribution is 0.370. The van der Waals surface area contributed by atoms with Gasteiger partial charge in [0.1, 0.15) is 0 Å². The van der Waals surface area contributed by atoms with Gasteiger partial charge in [0, 0.05) is 19.1 Å². The van der Waals surface area contributed by atoms with Gasteiger partial charge in [0.05, 0.1) is 0 Å². The van der Waals surface area contributed by atoms with Crippen molar-refractivity contribution in [2.24, 2.45) is 11.1 Å². The van der Waals surface area contributed by atoms with Crippen LogP contribution in [-0.2, 0) is 0 Å². The van der Waals surface area contributed by atoms with Crippen LogP contribution in [0.3, 0.4) is 0 Å². The summed E-state index contributed by atoms with van der Waals surface area (Å²) < 4.78 is 0. The standard InChI is InChI=1S/C10H24N2/c1-5-6-9(11)7-12-8-10(2,3)4/h9,12H,5-8,11H2,1-4H3. The molecule has 3 N–H and O–H groups in total. The molecule has 0 spiro atoms. The van der Waals surface area contributed by atoms with Crippen molar-refractivity contribution in [3.63, 3.8) is 0 Å². The Morgan fingerprint density at radius 3 is 2.33 bits per heavy atom. The van der Waals surface area contributed by atoms with E-state index in [1.165, 1.54) is 6.42 Å². The predicted octanol–water partition coefficient (Wildman–Crippen LogP) is 1.75.